The largest absolute Gasteiger partial charge is 0.343 e. The third-order valence-corrected chi connectivity index (χ3v) is 1.64. The Labute approximate surface area is 67.2 Å². The summed E-state index contributed by atoms with van der Waals surface area (Å²) in [4.78, 5) is 16.8. The maximum absolute atomic E-state index is 12.9. The number of nitrogens with zero attached hydrogens (tertiary/aromatic N) is 1. The molecule has 0 fully saturated rings. The second-order valence-corrected chi connectivity index (χ2v) is 2.42. The van der Waals surface area contributed by atoms with E-state index in [1.807, 2.05) is 0 Å². The molecule has 2 heterocycles. The number of hydrogen-bond donors (Lipinski definition) is 1. The van der Waals surface area contributed by atoms with Crippen LogP contribution >= 0.6 is 0 Å². The molecule has 1 N–H and O–H groups in total. The molecule has 0 atom stereocenters. The maximum Gasteiger partial charge on any atom is 0.151 e. The summed E-state index contributed by atoms with van der Waals surface area (Å²) in [6.45, 7) is 0. The van der Waals surface area contributed by atoms with Crippen LogP contribution in [0.3, 0.4) is 0 Å². The average Bonchev–Trinajstić information content (AvgIpc) is 2.47. The van der Waals surface area contributed by atoms with Gasteiger partial charge < -0.3 is 4.98 Å². The van der Waals surface area contributed by atoms with E-state index in [1.54, 1.807) is 0 Å². The first kappa shape index (κ1) is 6.97. The van der Waals surface area contributed by atoms with Crippen LogP contribution in [0.25, 0.3) is 11.0 Å². The van der Waals surface area contributed by atoms with Crippen molar-refractivity contribution in [1.82, 2.24) is 9.97 Å². The highest BCUT2D eigenvalue weighted by molar-refractivity contribution is 5.84. The molecule has 4 heteroatoms. The summed E-state index contributed by atoms with van der Waals surface area (Å²) < 4.78 is 12.9. The van der Waals surface area contributed by atoms with Gasteiger partial charge in [0.05, 0.1) is 5.39 Å². The molecule has 2 rings (SSSR count). The summed E-state index contributed by atoms with van der Waals surface area (Å²) in [5.74, 6) is -0.388. The Kier molecular flexibility index (Phi) is 1.40. The fourth-order valence-corrected chi connectivity index (χ4v) is 1.05. The number of H-pyrrole nitrogens is 1. The fraction of sp³-hybridized carbons (Fsp3) is 0. The number of rotatable bonds is 1. The Bertz CT molecular complexity index is 436. The van der Waals surface area contributed by atoms with E-state index < -0.39 is 0 Å². The van der Waals surface area contributed by atoms with Gasteiger partial charge in [0.1, 0.15) is 11.5 Å². The highest BCUT2D eigenvalue weighted by atomic mass is 19.1. The van der Waals surface area contributed by atoms with Crippen molar-refractivity contribution in [2.45, 2.75) is 0 Å². The Morgan fingerprint density at radius 3 is 3.17 bits per heavy atom. The van der Waals surface area contributed by atoms with E-state index in [-0.39, 0.29) is 5.82 Å². The van der Waals surface area contributed by atoms with Crippen LogP contribution < -0.4 is 0 Å². The number of hydrogen-bond acceptors (Lipinski definition) is 2. The van der Waals surface area contributed by atoms with Crippen LogP contribution in [0, 0.1) is 5.82 Å². The number of fused-ring (bicyclic) bond motifs is 1. The van der Waals surface area contributed by atoms with Gasteiger partial charge >= 0.3 is 0 Å². The lowest BCUT2D eigenvalue weighted by Crippen LogP contribution is -1.83. The van der Waals surface area contributed by atoms with Crippen LogP contribution in [0.2, 0.25) is 0 Å². The summed E-state index contributed by atoms with van der Waals surface area (Å²) in [5.41, 5.74) is 0.833. The van der Waals surface area contributed by atoms with Crippen molar-refractivity contribution in [2.24, 2.45) is 0 Å². The Balaban J connectivity index is 2.79. The van der Waals surface area contributed by atoms with Crippen molar-refractivity contribution in [1.29, 1.82) is 0 Å². The first-order valence-corrected chi connectivity index (χ1v) is 3.39. The van der Waals surface area contributed by atoms with Crippen molar-refractivity contribution in [2.75, 3.05) is 0 Å². The van der Waals surface area contributed by atoms with Crippen LogP contribution in [0.4, 0.5) is 4.39 Å². The van der Waals surface area contributed by atoms with E-state index in [9.17, 15) is 9.18 Å². The van der Waals surface area contributed by atoms with E-state index in [2.05, 4.69) is 9.97 Å². The number of nitrogens with one attached hydrogen (secondary N) is 1. The van der Waals surface area contributed by atoms with E-state index in [4.69, 9.17) is 0 Å². The summed E-state index contributed by atoms with van der Waals surface area (Å²) >= 11 is 0. The maximum atomic E-state index is 12.9. The van der Waals surface area contributed by atoms with Gasteiger partial charge in [-0.3, -0.25) is 4.79 Å². The zero-order valence-electron chi connectivity index (χ0n) is 6.04. The summed E-state index contributed by atoms with van der Waals surface area (Å²) in [6, 6.07) is 1.46. The quantitative estimate of drug-likeness (QED) is 0.649. The molecule has 0 saturated carbocycles. The first-order chi connectivity index (χ1) is 5.81. The smallest absolute Gasteiger partial charge is 0.151 e. The molecule has 0 aromatic carbocycles. The number of pyridine rings is 1. The Morgan fingerprint density at radius 2 is 2.42 bits per heavy atom. The number of halogens is 1. The number of carbonyl (C=O) groups is 1. The van der Waals surface area contributed by atoms with Crippen molar-refractivity contribution in [3.63, 3.8) is 0 Å². The monoisotopic (exact) mass is 164 g/mol. The minimum atomic E-state index is -0.388. The lowest BCUT2D eigenvalue weighted by atomic mass is 10.2. The number of aromatic amines is 1. The predicted octanol–water partition coefficient (Wildman–Crippen LogP) is 1.51. The van der Waals surface area contributed by atoms with E-state index in [1.165, 1.54) is 18.5 Å². The Hall–Kier alpha value is -1.71. The number of aromatic nitrogens is 2. The predicted molar refractivity (Wildman–Crippen MR) is 41.4 cm³/mol. The molecule has 0 amide bonds. The van der Waals surface area contributed by atoms with Gasteiger partial charge in [0.25, 0.3) is 0 Å². The van der Waals surface area contributed by atoms with Crippen LogP contribution in [-0.2, 0) is 0 Å². The van der Waals surface area contributed by atoms with Gasteiger partial charge in [0, 0.05) is 18.0 Å². The van der Waals surface area contributed by atoms with Gasteiger partial charge in [-0.2, -0.15) is 0 Å². The van der Waals surface area contributed by atoms with Crippen molar-refractivity contribution in [3.8, 4) is 0 Å². The molecule has 0 aliphatic rings. The van der Waals surface area contributed by atoms with Gasteiger partial charge in [-0.25, -0.2) is 9.37 Å². The molecule has 0 radical (unpaired) electrons. The standard InChI is InChI=1S/C8H5FN2O/c9-7-3-11-8-6(7)1-5(4-12)2-10-8/h1-4H,(H,10,11). The zero-order chi connectivity index (χ0) is 8.55. The molecule has 0 aliphatic carbocycles. The molecule has 3 nitrogen and oxygen atoms in total. The first-order valence-electron chi connectivity index (χ1n) is 3.39. The third-order valence-electron chi connectivity index (χ3n) is 1.64. The number of aldehydes is 1. The topological polar surface area (TPSA) is 45.8 Å². The zero-order valence-corrected chi connectivity index (χ0v) is 6.04. The SMILES string of the molecule is O=Cc1cnc2[nH]cc(F)c2c1. The molecule has 60 valence electrons. The van der Waals surface area contributed by atoms with Crippen LogP contribution in [0.1, 0.15) is 10.4 Å². The minimum Gasteiger partial charge on any atom is -0.343 e. The normalized spacial score (nSPS) is 10.4. The van der Waals surface area contributed by atoms with Gasteiger partial charge in [0.15, 0.2) is 6.29 Å². The highest BCUT2D eigenvalue weighted by Gasteiger charge is 2.03. The second kappa shape index (κ2) is 2.41. The molecule has 12 heavy (non-hydrogen) atoms. The number of carbonyl (C=O) groups excluding carboxylic acids is 1. The molecule has 2 aromatic rings. The molecule has 0 bridgehead atoms. The second-order valence-electron chi connectivity index (χ2n) is 2.42. The molecule has 0 saturated heterocycles. The summed E-state index contributed by atoms with van der Waals surface area (Å²) in [5, 5.41) is 0.347. The molecular formula is C8H5FN2O. The van der Waals surface area contributed by atoms with Gasteiger partial charge in [0.2, 0.25) is 0 Å². The van der Waals surface area contributed by atoms with Gasteiger partial charge in [-0.1, -0.05) is 0 Å². The summed E-state index contributed by atoms with van der Waals surface area (Å²) in [7, 11) is 0. The van der Waals surface area contributed by atoms with E-state index in [0.29, 0.717) is 22.9 Å². The van der Waals surface area contributed by atoms with E-state index in [0.717, 1.165) is 0 Å². The average molecular weight is 164 g/mol. The van der Waals surface area contributed by atoms with Crippen molar-refractivity contribution in [3.05, 3.63) is 29.8 Å². The minimum absolute atomic E-state index is 0.347. The van der Waals surface area contributed by atoms with Crippen LogP contribution in [0.5, 0.6) is 0 Å². The molecule has 2 aromatic heterocycles. The molecule has 0 spiro atoms. The lowest BCUT2D eigenvalue weighted by molar-refractivity contribution is 0.112. The highest BCUT2D eigenvalue weighted by Crippen LogP contribution is 2.14. The molecule has 0 unspecified atom stereocenters. The summed E-state index contributed by atoms with van der Waals surface area (Å²) in [6.07, 6.45) is 3.25. The lowest BCUT2D eigenvalue weighted by Gasteiger charge is -1.89. The van der Waals surface area contributed by atoms with Crippen molar-refractivity contribution >= 4 is 17.3 Å². The Morgan fingerprint density at radius 1 is 1.58 bits per heavy atom. The van der Waals surface area contributed by atoms with Crippen molar-refractivity contribution < 1.29 is 9.18 Å². The van der Waals surface area contributed by atoms with Crippen LogP contribution in [0.15, 0.2) is 18.5 Å². The third kappa shape index (κ3) is 0.887. The van der Waals surface area contributed by atoms with Gasteiger partial charge in [-0.15, -0.1) is 0 Å². The molecule has 0 aliphatic heterocycles. The van der Waals surface area contributed by atoms with Gasteiger partial charge in [-0.05, 0) is 6.07 Å². The fourth-order valence-electron chi connectivity index (χ4n) is 1.05. The van der Waals surface area contributed by atoms with Crippen LogP contribution in [-0.4, -0.2) is 16.3 Å². The molecular weight excluding hydrogens is 159 g/mol. The van der Waals surface area contributed by atoms with E-state index >= 15 is 0 Å².